The minimum Gasteiger partial charge on any atom is -0.394 e. The molecule has 1 amide bonds. The third-order valence-electron chi connectivity index (χ3n) is 4.28. The van der Waals surface area contributed by atoms with E-state index in [2.05, 4.69) is 4.98 Å². The van der Waals surface area contributed by atoms with Gasteiger partial charge in [0.25, 0.3) is 5.91 Å². The molecule has 0 bridgehead atoms. The molecule has 0 radical (unpaired) electrons. The van der Waals surface area contributed by atoms with Crippen molar-refractivity contribution < 1.29 is 14.3 Å². The molecule has 1 N–H and O–H groups in total. The Morgan fingerprint density at radius 2 is 1.96 bits per heavy atom. The lowest BCUT2D eigenvalue weighted by Crippen LogP contribution is -2.36. The van der Waals surface area contributed by atoms with E-state index in [0.29, 0.717) is 15.6 Å². The van der Waals surface area contributed by atoms with Crippen molar-refractivity contribution in [2.24, 2.45) is 0 Å². The van der Waals surface area contributed by atoms with Crippen molar-refractivity contribution >= 4 is 29.1 Å². The van der Waals surface area contributed by atoms with E-state index in [4.69, 9.17) is 23.2 Å². The Balaban J connectivity index is 2.04. The molecule has 28 heavy (non-hydrogen) atoms. The Morgan fingerprint density at radius 3 is 2.61 bits per heavy atom. The van der Waals surface area contributed by atoms with E-state index in [1.165, 1.54) is 23.1 Å². The second-order valence-electron chi connectivity index (χ2n) is 6.17. The number of pyridine rings is 1. The molecule has 144 valence electrons. The second-order valence-corrected chi connectivity index (χ2v) is 7.01. The fraction of sp³-hybridized carbons (Fsp3) is 0.143. The highest BCUT2D eigenvalue weighted by Crippen LogP contribution is 2.32. The van der Waals surface area contributed by atoms with Crippen molar-refractivity contribution in [1.82, 2.24) is 9.88 Å². The van der Waals surface area contributed by atoms with Gasteiger partial charge in [-0.05, 0) is 47.5 Å². The van der Waals surface area contributed by atoms with Gasteiger partial charge < -0.3 is 10.0 Å². The summed E-state index contributed by atoms with van der Waals surface area (Å²) in [5.41, 5.74) is 1.48. The van der Waals surface area contributed by atoms with Crippen LogP contribution in [0.5, 0.6) is 0 Å². The fourth-order valence-corrected chi connectivity index (χ4v) is 3.47. The lowest BCUT2D eigenvalue weighted by Gasteiger charge is -2.32. The molecule has 0 spiro atoms. The Kier molecular flexibility index (Phi) is 6.62. The van der Waals surface area contributed by atoms with Crippen LogP contribution in [0.3, 0.4) is 0 Å². The van der Waals surface area contributed by atoms with E-state index in [1.54, 1.807) is 36.7 Å². The highest BCUT2D eigenvalue weighted by atomic mass is 35.5. The van der Waals surface area contributed by atoms with Gasteiger partial charge in [-0.1, -0.05) is 41.4 Å². The molecule has 3 rings (SSSR count). The molecule has 7 heteroatoms. The number of hydrogen-bond donors (Lipinski definition) is 1. The highest BCUT2D eigenvalue weighted by Gasteiger charge is 2.28. The fourth-order valence-electron chi connectivity index (χ4n) is 2.94. The van der Waals surface area contributed by atoms with Gasteiger partial charge in [0.2, 0.25) is 0 Å². The van der Waals surface area contributed by atoms with Crippen LogP contribution in [0.15, 0.2) is 67.0 Å². The lowest BCUT2D eigenvalue weighted by atomic mass is 10.0. The molecular formula is C21H17Cl2FN2O2. The molecule has 1 aromatic heterocycles. The molecule has 3 aromatic rings. The maximum Gasteiger partial charge on any atom is 0.254 e. The number of carbonyl (C=O) groups is 1. The number of aliphatic hydroxyl groups is 1. The number of amides is 1. The summed E-state index contributed by atoms with van der Waals surface area (Å²) in [6.45, 7) is -0.212. The average molecular weight is 419 g/mol. The van der Waals surface area contributed by atoms with Crippen molar-refractivity contribution in [3.05, 3.63) is 99.5 Å². The number of benzene rings is 2. The number of halogens is 3. The van der Waals surface area contributed by atoms with Gasteiger partial charge in [-0.3, -0.25) is 9.78 Å². The minimum absolute atomic E-state index is 0.160. The van der Waals surface area contributed by atoms with Crippen LogP contribution in [-0.2, 0) is 6.54 Å². The molecule has 2 aromatic carbocycles. The third kappa shape index (κ3) is 4.68. The molecule has 0 aliphatic heterocycles. The predicted octanol–water partition coefficient (Wildman–Crippen LogP) is 4.90. The standard InChI is InChI=1S/C21H17Cl2FN2O2/c22-16-6-7-18(19(23)10-16)20(13-27)26(12-14-3-2-8-25-11-14)21(28)15-4-1-5-17(24)9-15/h1-11,20,27H,12-13H2. The van der Waals surface area contributed by atoms with Crippen molar-refractivity contribution in [3.63, 3.8) is 0 Å². The summed E-state index contributed by atoms with van der Waals surface area (Å²) >= 11 is 12.3. The Hall–Kier alpha value is -2.47. The Morgan fingerprint density at radius 1 is 1.14 bits per heavy atom. The topological polar surface area (TPSA) is 53.4 Å². The Labute approximate surface area is 172 Å². The third-order valence-corrected chi connectivity index (χ3v) is 4.84. The molecule has 0 aliphatic carbocycles. The van der Waals surface area contributed by atoms with Gasteiger partial charge in [0.1, 0.15) is 5.82 Å². The van der Waals surface area contributed by atoms with Gasteiger partial charge >= 0.3 is 0 Å². The van der Waals surface area contributed by atoms with Gasteiger partial charge in [0, 0.05) is 34.5 Å². The number of rotatable bonds is 6. The van der Waals surface area contributed by atoms with Crippen LogP contribution in [-0.4, -0.2) is 27.5 Å². The molecule has 0 saturated carbocycles. The van der Waals surface area contributed by atoms with Gasteiger partial charge in [0.05, 0.1) is 12.6 Å². The van der Waals surface area contributed by atoms with Crippen LogP contribution >= 0.6 is 23.2 Å². The van der Waals surface area contributed by atoms with Gasteiger partial charge in [-0.25, -0.2) is 4.39 Å². The van der Waals surface area contributed by atoms with Crippen LogP contribution in [0.1, 0.15) is 27.5 Å². The normalized spacial score (nSPS) is 11.9. The second kappa shape index (κ2) is 9.15. The van der Waals surface area contributed by atoms with Crippen LogP contribution in [0.4, 0.5) is 4.39 Å². The minimum atomic E-state index is -0.749. The lowest BCUT2D eigenvalue weighted by molar-refractivity contribution is 0.0567. The van der Waals surface area contributed by atoms with Crippen molar-refractivity contribution in [1.29, 1.82) is 0 Å². The SMILES string of the molecule is O=C(c1cccc(F)c1)N(Cc1cccnc1)C(CO)c1ccc(Cl)cc1Cl. The smallest absolute Gasteiger partial charge is 0.254 e. The van der Waals surface area contributed by atoms with Crippen LogP contribution in [0.2, 0.25) is 10.0 Å². The summed E-state index contributed by atoms with van der Waals surface area (Å²) in [5.74, 6) is -0.953. The zero-order chi connectivity index (χ0) is 20.1. The molecular weight excluding hydrogens is 402 g/mol. The average Bonchev–Trinajstić information content (AvgIpc) is 2.69. The highest BCUT2D eigenvalue weighted by molar-refractivity contribution is 6.35. The van der Waals surface area contributed by atoms with Crippen molar-refractivity contribution in [3.8, 4) is 0 Å². The molecule has 1 atom stereocenters. The molecule has 0 saturated heterocycles. The first-order valence-corrected chi connectivity index (χ1v) is 9.26. The number of carbonyl (C=O) groups excluding carboxylic acids is 1. The summed E-state index contributed by atoms with van der Waals surface area (Å²) in [5, 5.41) is 10.9. The van der Waals surface area contributed by atoms with Gasteiger partial charge in [-0.2, -0.15) is 0 Å². The zero-order valence-electron chi connectivity index (χ0n) is 14.7. The number of aromatic nitrogens is 1. The molecule has 0 aliphatic rings. The number of aliphatic hydroxyl groups excluding tert-OH is 1. The van der Waals surface area contributed by atoms with E-state index in [9.17, 15) is 14.3 Å². The summed E-state index contributed by atoms with van der Waals surface area (Å²) < 4.78 is 13.7. The van der Waals surface area contributed by atoms with Gasteiger partial charge in [0.15, 0.2) is 0 Å². The molecule has 1 heterocycles. The first-order chi connectivity index (χ1) is 13.5. The molecule has 0 fully saturated rings. The van der Waals surface area contributed by atoms with E-state index in [1.807, 2.05) is 6.07 Å². The summed E-state index contributed by atoms with van der Waals surface area (Å²) in [7, 11) is 0. The van der Waals surface area contributed by atoms with E-state index >= 15 is 0 Å². The molecule has 4 nitrogen and oxygen atoms in total. The predicted molar refractivity (Wildman–Crippen MR) is 107 cm³/mol. The summed E-state index contributed by atoms with van der Waals surface area (Å²) in [6.07, 6.45) is 3.26. The van der Waals surface area contributed by atoms with E-state index in [0.717, 1.165) is 11.6 Å². The number of nitrogens with zero attached hydrogens (tertiary/aromatic N) is 2. The number of hydrogen-bond acceptors (Lipinski definition) is 3. The van der Waals surface area contributed by atoms with Crippen molar-refractivity contribution in [2.45, 2.75) is 12.6 Å². The summed E-state index contributed by atoms with van der Waals surface area (Å²) in [6, 6.07) is 13.1. The van der Waals surface area contributed by atoms with Crippen LogP contribution in [0, 0.1) is 5.82 Å². The summed E-state index contributed by atoms with van der Waals surface area (Å²) in [4.78, 5) is 18.7. The Bertz CT molecular complexity index is 970. The van der Waals surface area contributed by atoms with Crippen molar-refractivity contribution in [2.75, 3.05) is 6.61 Å². The van der Waals surface area contributed by atoms with E-state index in [-0.39, 0.29) is 18.7 Å². The molecule has 1 unspecified atom stereocenters. The van der Waals surface area contributed by atoms with Crippen LogP contribution < -0.4 is 0 Å². The first-order valence-electron chi connectivity index (χ1n) is 8.51. The van der Waals surface area contributed by atoms with E-state index < -0.39 is 17.8 Å². The maximum absolute atomic E-state index is 13.7. The monoisotopic (exact) mass is 418 g/mol. The first kappa shape index (κ1) is 20.3. The maximum atomic E-state index is 13.7. The largest absolute Gasteiger partial charge is 0.394 e. The quantitative estimate of drug-likeness (QED) is 0.618. The van der Waals surface area contributed by atoms with Gasteiger partial charge in [-0.15, -0.1) is 0 Å². The van der Waals surface area contributed by atoms with Crippen LogP contribution in [0.25, 0.3) is 0 Å². The zero-order valence-corrected chi connectivity index (χ0v) is 16.2.